The molecular weight excluding hydrogens is 192 g/mol. The number of rotatable bonds is 7. The van der Waals surface area contributed by atoms with E-state index in [9.17, 15) is 0 Å². The molecule has 0 aliphatic carbocycles. The maximum Gasteiger partial charge on any atom is 0.105 e. The van der Waals surface area contributed by atoms with Gasteiger partial charge in [-0.3, -0.25) is 0 Å². The van der Waals surface area contributed by atoms with Gasteiger partial charge in [0.2, 0.25) is 0 Å². The van der Waals surface area contributed by atoms with E-state index in [4.69, 9.17) is 0 Å². The molecule has 0 radical (unpaired) electrons. The highest BCUT2D eigenvalue weighted by atomic mass is 28.3. The van der Waals surface area contributed by atoms with Crippen LogP contribution >= 0.6 is 0 Å². The van der Waals surface area contributed by atoms with E-state index >= 15 is 0 Å². The van der Waals surface area contributed by atoms with Gasteiger partial charge in [-0.25, -0.2) is 0 Å². The van der Waals surface area contributed by atoms with Crippen LogP contribution in [0.5, 0.6) is 0 Å². The molecule has 0 fully saturated rings. The highest BCUT2D eigenvalue weighted by molar-refractivity contribution is 6.56. The minimum atomic E-state index is -0.578. The first-order valence-electron chi connectivity index (χ1n) is 5.51. The van der Waals surface area contributed by atoms with Crippen molar-refractivity contribution in [3.63, 3.8) is 0 Å². The third kappa shape index (κ3) is 10.3. The molecule has 0 aromatic rings. The van der Waals surface area contributed by atoms with Gasteiger partial charge in [0.15, 0.2) is 0 Å². The molecule has 0 spiro atoms. The third-order valence-corrected chi connectivity index (χ3v) is 7.18. The predicted octanol–water partition coefficient (Wildman–Crippen LogP) is 0.838. The van der Waals surface area contributed by atoms with Crippen LogP contribution in [0.3, 0.4) is 0 Å². The summed E-state index contributed by atoms with van der Waals surface area (Å²) in [5, 5.41) is 0. The lowest BCUT2D eigenvalue weighted by molar-refractivity contribution is 0.738. The normalized spacial score (nSPS) is 15.0. The topological polar surface area (TPSA) is 24.1 Å². The minimum absolute atomic E-state index is 0.0319. The van der Waals surface area contributed by atoms with E-state index < -0.39 is 8.96 Å². The largest absolute Gasteiger partial charge is 0.340 e. The smallest absolute Gasteiger partial charge is 0.105 e. The first-order valence-corrected chi connectivity index (χ1v) is 9.77. The van der Waals surface area contributed by atoms with Gasteiger partial charge in [-0.05, 0) is 18.1 Å². The Hall–Kier alpha value is 0.354. The van der Waals surface area contributed by atoms with Crippen molar-refractivity contribution in [2.24, 2.45) is 0 Å². The molecule has 13 heavy (non-hydrogen) atoms. The highest BCUT2D eigenvalue weighted by Crippen LogP contribution is 1.95. The van der Waals surface area contributed by atoms with Crippen molar-refractivity contribution in [3.8, 4) is 0 Å². The summed E-state index contributed by atoms with van der Waals surface area (Å²) < 4.78 is 0. The van der Waals surface area contributed by atoms with Gasteiger partial charge in [0.05, 0.1) is 9.68 Å². The van der Waals surface area contributed by atoms with Gasteiger partial charge in [-0.15, -0.1) is 0 Å². The van der Waals surface area contributed by atoms with E-state index in [1.807, 2.05) is 0 Å². The molecule has 0 aliphatic rings. The van der Waals surface area contributed by atoms with Gasteiger partial charge in [0.1, 0.15) is 8.96 Å². The Balaban J connectivity index is 3.22. The predicted molar refractivity (Wildman–Crippen MR) is 67.7 cm³/mol. The van der Waals surface area contributed by atoms with Crippen LogP contribution in [0.4, 0.5) is 0 Å². The second-order valence-corrected chi connectivity index (χ2v) is 8.80. The second-order valence-electron chi connectivity index (χ2n) is 4.47. The third-order valence-electron chi connectivity index (χ3n) is 1.98. The zero-order valence-electron chi connectivity index (χ0n) is 9.85. The van der Waals surface area contributed by atoms with Gasteiger partial charge >= 0.3 is 0 Å². The van der Waals surface area contributed by atoms with Gasteiger partial charge in [0, 0.05) is 0 Å². The average Bonchev–Trinajstić information content (AvgIpc) is 1.96. The Morgan fingerprint density at radius 1 is 1.15 bits per heavy atom. The lowest BCUT2D eigenvalue weighted by atomic mass is 10.4. The fraction of sp³-hybridized carbons (Fsp3) is 1.00. The molecule has 0 aliphatic heterocycles. The number of hydrogen-bond donors (Lipinski definition) is 2. The van der Waals surface area contributed by atoms with Crippen LogP contribution < -0.4 is 9.96 Å². The Bertz CT molecular complexity index is 118. The first-order chi connectivity index (χ1) is 6.02. The van der Waals surface area contributed by atoms with Crippen LogP contribution in [0, 0.1) is 0 Å². The molecule has 0 saturated carbocycles. The minimum Gasteiger partial charge on any atom is -0.340 e. The van der Waals surface area contributed by atoms with E-state index in [2.05, 4.69) is 44.2 Å². The van der Waals surface area contributed by atoms with E-state index in [0.29, 0.717) is 12.1 Å². The summed E-state index contributed by atoms with van der Waals surface area (Å²) in [6.45, 7) is 11.4. The Morgan fingerprint density at radius 3 is 2.23 bits per heavy atom. The van der Waals surface area contributed by atoms with Crippen LogP contribution in [0.25, 0.3) is 0 Å². The summed E-state index contributed by atoms with van der Waals surface area (Å²) in [4.78, 5) is 7.25. The fourth-order valence-electron chi connectivity index (χ4n) is 1.45. The van der Waals surface area contributed by atoms with Crippen molar-refractivity contribution in [2.75, 3.05) is 0 Å². The second kappa shape index (κ2) is 7.73. The molecule has 0 saturated heterocycles. The van der Waals surface area contributed by atoms with E-state index in [-0.39, 0.29) is 9.68 Å². The zero-order chi connectivity index (χ0) is 10.3. The van der Waals surface area contributed by atoms with Crippen molar-refractivity contribution in [1.82, 2.24) is 9.96 Å². The monoisotopic (exact) mass is 218 g/mol. The van der Waals surface area contributed by atoms with Crippen LogP contribution in [-0.4, -0.2) is 30.7 Å². The van der Waals surface area contributed by atoms with Gasteiger partial charge in [-0.1, -0.05) is 40.3 Å². The summed E-state index contributed by atoms with van der Waals surface area (Å²) in [7, 11) is -0.546. The van der Waals surface area contributed by atoms with E-state index in [0.717, 1.165) is 0 Å². The number of hydrogen-bond acceptors (Lipinski definition) is 2. The molecule has 4 heteroatoms. The molecule has 0 aromatic carbocycles. The lowest BCUT2D eigenvalue weighted by Gasteiger charge is -2.15. The van der Waals surface area contributed by atoms with Crippen LogP contribution in [0.1, 0.15) is 27.7 Å². The van der Waals surface area contributed by atoms with E-state index in [1.165, 1.54) is 12.1 Å². The Labute approximate surface area is 87.5 Å². The van der Waals surface area contributed by atoms with Crippen LogP contribution in [-0.2, 0) is 0 Å². The molecule has 0 amide bonds. The van der Waals surface area contributed by atoms with Crippen molar-refractivity contribution >= 4 is 18.6 Å². The maximum absolute atomic E-state index is 3.66. The summed E-state index contributed by atoms with van der Waals surface area (Å²) in [6.07, 6.45) is 0. The van der Waals surface area contributed by atoms with Crippen molar-refractivity contribution in [3.05, 3.63) is 0 Å². The lowest BCUT2D eigenvalue weighted by Crippen LogP contribution is -2.37. The maximum atomic E-state index is 3.66. The molecule has 0 heterocycles. The van der Waals surface area contributed by atoms with Crippen LogP contribution in [0.15, 0.2) is 0 Å². The summed E-state index contributed by atoms with van der Waals surface area (Å²) >= 11 is 0. The first kappa shape index (κ1) is 13.4. The standard InChI is InChI=1S/C9H26N2Si2/c1-8(2)10-12-6-7-13(5)11-9(3)4/h8-11,13H,6-7,12H2,1-5H3. The molecule has 1 unspecified atom stereocenters. The van der Waals surface area contributed by atoms with Gasteiger partial charge in [0.25, 0.3) is 0 Å². The SMILES string of the molecule is CC(C)N[SiH2]CC[SiH](C)NC(C)C. The molecule has 0 aromatic heterocycles. The average molecular weight is 218 g/mol. The molecular formula is C9H26N2Si2. The summed E-state index contributed by atoms with van der Waals surface area (Å²) in [5.41, 5.74) is 0. The van der Waals surface area contributed by atoms with Crippen molar-refractivity contribution in [2.45, 2.75) is 58.4 Å². The summed E-state index contributed by atoms with van der Waals surface area (Å²) in [6, 6.07) is 4.30. The summed E-state index contributed by atoms with van der Waals surface area (Å²) in [5.74, 6) is 0. The van der Waals surface area contributed by atoms with Crippen molar-refractivity contribution in [1.29, 1.82) is 0 Å². The van der Waals surface area contributed by atoms with E-state index in [1.54, 1.807) is 0 Å². The molecule has 80 valence electrons. The quantitative estimate of drug-likeness (QED) is 0.489. The van der Waals surface area contributed by atoms with Crippen LogP contribution in [0.2, 0.25) is 18.6 Å². The highest BCUT2D eigenvalue weighted by Gasteiger charge is 2.04. The molecule has 0 bridgehead atoms. The van der Waals surface area contributed by atoms with Gasteiger partial charge in [-0.2, -0.15) is 0 Å². The molecule has 0 rings (SSSR count). The Morgan fingerprint density at radius 2 is 1.77 bits per heavy atom. The zero-order valence-corrected chi connectivity index (χ0v) is 12.4. The Kier molecular flexibility index (Phi) is 7.94. The molecule has 1 atom stereocenters. The molecule has 2 nitrogen and oxygen atoms in total. The van der Waals surface area contributed by atoms with Crippen molar-refractivity contribution < 1.29 is 0 Å². The molecule has 2 N–H and O–H groups in total. The van der Waals surface area contributed by atoms with Gasteiger partial charge < -0.3 is 9.96 Å². The fourth-order valence-corrected chi connectivity index (χ4v) is 6.80. The number of nitrogens with one attached hydrogen (secondary N) is 2.